The van der Waals surface area contributed by atoms with Crippen LogP contribution in [0.4, 0.5) is 0 Å². The SMILES string of the molecule is CC(C)Cn1ncnc1CC(C)(CBr)CBr. The number of aromatic nitrogens is 3. The lowest BCUT2D eigenvalue weighted by Gasteiger charge is -2.24. The van der Waals surface area contributed by atoms with E-state index in [1.54, 1.807) is 6.33 Å². The Morgan fingerprint density at radius 3 is 2.50 bits per heavy atom. The van der Waals surface area contributed by atoms with Gasteiger partial charge < -0.3 is 0 Å². The maximum Gasteiger partial charge on any atom is 0.138 e. The molecular weight excluding hydrogens is 334 g/mol. The Hall–Kier alpha value is 0.100. The number of hydrogen-bond acceptors (Lipinski definition) is 2. The largest absolute Gasteiger partial charge is 0.250 e. The van der Waals surface area contributed by atoms with Gasteiger partial charge in [-0.15, -0.1) is 0 Å². The first-order chi connectivity index (χ1) is 7.50. The highest BCUT2D eigenvalue weighted by Gasteiger charge is 2.24. The summed E-state index contributed by atoms with van der Waals surface area (Å²) in [6.45, 7) is 7.57. The van der Waals surface area contributed by atoms with Crippen molar-refractivity contribution in [1.29, 1.82) is 0 Å². The lowest BCUT2D eigenvalue weighted by atomic mass is 9.91. The lowest BCUT2D eigenvalue weighted by Crippen LogP contribution is -2.26. The zero-order valence-electron chi connectivity index (χ0n) is 10.1. The van der Waals surface area contributed by atoms with Gasteiger partial charge in [0.2, 0.25) is 0 Å². The van der Waals surface area contributed by atoms with Crippen molar-refractivity contribution in [2.75, 3.05) is 10.7 Å². The molecule has 3 nitrogen and oxygen atoms in total. The molecule has 0 aliphatic rings. The summed E-state index contributed by atoms with van der Waals surface area (Å²) < 4.78 is 2.02. The molecule has 16 heavy (non-hydrogen) atoms. The van der Waals surface area contributed by atoms with E-state index in [-0.39, 0.29) is 5.41 Å². The summed E-state index contributed by atoms with van der Waals surface area (Å²) in [5.41, 5.74) is 0.196. The van der Waals surface area contributed by atoms with Gasteiger partial charge in [-0.2, -0.15) is 5.10 Å². The minimum absolute atomic E-state index is 0.196. The Balaban J connectivity index is 2.76. The van der Waals surface area contributed by atoms with Crippen molar-refractivity contribution in [1.82, 2.24) is 14.8 Å². The van der Waals surface area contributed by atoms with Crippen molar-refractivity contribution in [3.05, 3.63) is 12.2 Å². The molecular formula is C11H19Br2N3. The molecule has 1 aromatic rings. The number of nitrogens with zero attached hydrogens (tertiary/aromatic N) is 3. The van der Waals surface area contributed by atoms with Crippen molar-refractivity contribution in [2.24, 2.45) is 11.3 Å². The number of rotatable bonds is 6. The van der Waals surface area contributed by atoms with E-state index in [2.05, 4.69) is 62.7 Å². The minimum Gasteiger partial charge on any atom is -0.250 e. The normalized spacial score (nSPS) is 12.4. The highest BCUT2D eigenvalue weighted by molar-refractivity contribution is 9.09. The first-order valence-electron chi connectivity index (χ1n) is 5.49. The van der Waals surface area contributed by atoms with E-state index < -0.39 is 0 Å². The second-order valence-corrected chi connectivity index (χ2v) is 6.13. The van der Waals surface area contributed by atoms with Crippen LogP contribution in [0, 0.1) is 11.3 Å². The van der Waals surface area contributed by atoms with E-state index in [0.717, 1.165) is 29.5 Å². The molecule has 0 unspecified atom stereocenters. The molecule has 0 bridgehead atoms. The molecule has 92 valence electrons. The van der Waals surface area contributed by atoms with Crippen LogP contribution in [0.5, 0.6) is 0 Å². The monoisotopic (exact) mass is 351 g/mol. The van der Waals surface area contributed by atoms with E-state index in [4.69, 9.17) is 0 Å². The summed E-state index contributed by atoms with van der Waals surface area (Å²) in [6, 6.07) is 0. The molecule has 0 spiro atoms. The fourth-order valence-electron chi connectivity index (χ4n) is 1.44. The zero-order valence-corrected chi connectivity index (χ0v) is 13.3. The van der Waals surface area contributed by atoms with Gasteiger partial charge in [-0.3, -0.25) is 0 Å². The standard InChI is InChI=1S/C11H19Br2N3/c1-9(2)5-16-10(14-8-15-16)4-11(3,6-12)7-13/h8-9H,4-7H2,1-3H3. The summed E-state index contributed by atoms with van der Waals surface area (Å²) in [4.78, 5) is 4.36. The van der Waals surface area contributed by atoms with Crippen LogP contribution in [0.2, 0.25) is 0 Å². The predicted molar refractivity (Wildman–Crippen MR) is 74.3 cm³/mol. The summed E-state index contributed by atoms with van der Waals surface area (Å²) in [7, 11) is 0. The predicted octanol–water partition coefficient (Wildman–Crippen LogP) is 3.27. The first kappa shape index (κ1) is 14.2. The molecule has 0 aliphatic carbocycles. The lowest BCUT2D eigenvalue weighted by molar-refractivity contribution is 0.393. The smallest absolute Gasteiger partial charge is 0.138 e. The summed E-state index contributed by atoms with van der Waals surface area (Å²) in [5.74, 6) is 1.68. The van der Waals surface area contributed by atoms with Gasteiger partial charge in [0.05, 0.1) is 0 Å². The average Bonchev–Trinajstić information content (AvgIpc) is 2.64. The van der Waals surface area contributed by atoms with Crippen molar-refractivity contribution in [3.8, 4) is 0 Å². The van der Waals surface area contributed by atoms with E-state index in [1.165, 1.54) is 0 Å². The van der Waals surface area contributed by atoms with Gasteiger partial charge in [-0.25, -0.2) is 9.67 Å². The van der Waals surface area contributed by atoms with Crippen LogP contribution < -0.4 is 0 Å². The van der Waals surface area contributed by atoms with Crippen LogP contribution in [0.1, 0.15) is 26.6 Å². The molecule has 1 aromatic heterocycles. The molecule has 1 rings (SSSR count). The van der Waals surface area contributed by atoms with Gasteiger partial charge in [0, 0.05) is 23.6 Å². The Labute approximate surface area is 114 Å². The Kier molecular flexibility index (Phi) is 5.44. The van der Waals surface area contributed by atoms with Gasteiger partial charge in [-0.05, 0) is 11.3 Å². The molecule has 0 saturated carbocycles. The van der Waals surface area contributed by atoms with Crippen molar-refractivity contribution >= 4 is 31.9 Å². The third-order valence-corrected chi connectivity index (χ3v) is 5.17. The number of alkyl halides is 2. The molecule has 0 saturated heterocycles. The van der Waals surface area contributed by atoms with Crippen LogP contribution >= 0.6 is 31.9 Å². The second-order valence-electron chi connectivity index (χ2n) is 5.01. The Morgan fingerprint density at radius 2 is 2.00 bits per heavy atom. The van der Waals surface area contributed by atoms with E-state index in [0.29, 0.717) is 5.92 Å². The fourth-order valence-corrected chi connectivity index (χ4v) is 2.76. The van der Waals surface area contributed by atoms with Crippen LogP contribution in [-0.2, 0) is 13.0 Å². The van der Waals surface area contributed by atoms with Crippen molar-refractivity contribution < 1.29 is 0 Å². The molecule has 0 N–H and O–H groups in total. The molecule has 0 aromatic carbocycles. The third kappa shape index (κ3) is 3.84. The van der Waals surface area contributed by atoms with E-state index in [9.17, 15) is 0 Å². The molecule has 0 radical (unpaired) electrons. The fraction of sp³-hybridized carbons (Fsp3) is 0.818. The quantitative estimate of drug-likeness (QED) is 0.735. The van der Waals surface area contributed by atoms with Crippen molar-refractivity contribution in [3.63, 3.8) is 0 Å². The van der Waals surface area contributed by atoms with Crippen LogP contribution in [0.25, 0.3) is 0 Å². The molecule has 0 aliphatic heterocycles. The molecule has 0 amide bonds. The first-order valence-corrected chi connectivity index (χ1v) is 7.73. The topological polar surface area (TPSA) is 30.7 Å². The maximum atomic E-state index is 4.36. The molecule has 0 atom stereocenters. The third-order valence-electron chi connectivity index (χ3n) is 2.46. The van der Waals surface area contributed by atoms with Gasteiger partial charge in [0.1, 0.15) is 12.2 Å². The molecule has 5 heteroatoms. The highest BCUT2D eigenvalue weighted by atomic mass is 79.9. The highest BCUT2D eigenvalue weighted by Crippen LogP contribution is 2.26. The van der Waals surface area contributed by atoms with E-state index >= 15 is 0 Å². The molecule has 1 heterocycles. The zero-order chi connectivity index (χ0) is 12.2. The molecule has 0 fully saturated rings. The van der Waals surface area contributed by atoms with Gasteiger partial charge in [0.25, 0.3) is 0 Å². The maximum absolute atomic E-state index is 4.36. The van der Waals surface area contributed by atoms with Crippen LogP contribution in [-0.4, -0.2) is 25.4 Å². The Morgan fingerprint density at radius 1 is 1.38 bits per heavy atom. The summed E-state index contributed by atoms with van der Waals surface area (Å²) in [5, 5.41) is 6.20. The van der Waals surface area contributed by atoms with E-state index in [1.807, 2.05) is 4.68 Å². The van der Waals surface area contributed by atoms with Crippen LogP contribution in [0.15, 0.2) is 6.33 Å². The van der Waals surface area contributed by atoms with Gasteiger partial charge in [-0.1, -0.05) is 52.6 Å². The summed E-state index contributed by atoms with van der Waals surface area (Å²) >= 11 is 7.13. The second kappa shape index (κ2) is 6.15. The number of halogens is 2. The van der Waals surface area contributed by atoms with Crippen molar-refractivity contribution in [2.45, 2.75) is 33.7 Å². The van der Waals surface area contributed by atoms with Gasteiger partial charge >= 0.3 is 0 Å². The minimum atomic E-state index is 0.196. The van der Waals surface area contributed by atoms with Crippen LogP contribution in [0.3, 0.4) is 0 Å². The Bertz CT molecular complexity index is 319. The summed E-state index contributed by atoms with van der Waals surface area (Å²) in [6.07, 6.45) is 2.59. The van der Waals surface area contributed by atoms with Gasteiger partial charge in [0.15, 0.2) is 0 Å². The average molecular weight is 353 g/mol. The number of hydrogen-bond donors (Lipinski definition) is 0.